The number of aryl methyl sites for hydroxylation is 1. The average molecular weight is 483 g/mol. The van der Waals surface area contributed by atoms with E-state index >= 15 is 0 Å². The first-order valence-corrected chi connectivity index (χ1v) is 11.4. The fourth-order valence-electron chi connectivity index (χ4n) is 3.52. The summed E-state index contributed by atoms with van der Waals surface area (Å²) in [7, 11) is 0. The molecular formula is C25H18N6O3S. The van der Waals surface area contributed by atoms with Gasteiger partial charge in [0, 0.05) is 35.0 Å². The van der Waals surface area contributed by atoms with Crippen LogP contribution < -0.4 is 10.6 Å². The van der Waals surface area contributed by atoms with Crippen molar-refractivity contribution in [3.05, 3.63) is 100 Å². The van der Waals surface area contributed by atoms with E-state index in [9.17, 15) is 14.9 Å². The molecule has 0 spiro atoms. The summed E-state index contributed by atoms with van der Waals surface area (Å²) < 4.78 is 0.623. The molecule has 0 bridgehead atoms. The van der Waals surface area contributed by atoms with E-state index in [0.717, 1.165) is 11.3 Å². The molecule has 172 valence electrons. The standard InChI is InChI=1S/C25H18N6O3S/c1-15-26-21(16-6-3-2-4-7-16)14-23(27-15)28-18-9-5-8-17(12-18)24(32)30-25-29-20-11-10-19(31(33)34)13-22(20)35-25/h2-14H,1H3,(H,26,27,28)(H,29,30,32). The van der Waals surface area contributed by atoms with Crippen LogP contribution in [0.2, 0.25) is 0 Å². The third kappa shape index (κ3) is 4.97. The molecule has 2 N–H and O–H groups in total. The monoisotopic (exact) mass is 482 g/mol. The average Bonchev–Trinajstić information content (AvgIpc) is 3.26. The van der Waals surface area contributed by atoms with Crippen LogP contribution in [0.25, 0.3) is 21.5 Å². The van der Waals surface area contributed by atoms with E-state index in [-0.39, 0.29) is 11.6 Å². The number of non-ortho nitro benzene ring substituents is 1. The molecular weight excluding hydrogens is 464 g/mol. The molecule has 0 saturated carbocycles. The first kappa shape index (κ1) is 22.1. The van der Waals surface area contributed by atoms with Crippen LogP contribution >= 0.6 is 11.3 Å². The van der Waals surface area contributed by atoms with Crippen molar-refractivity contribution in [3.8, 4) is 11.3 Å². The summed E-state index contributed by atoms with van der Waals surface area (Å²) >= 11 is 1.18. The van der Waals surface area contributed by atoms with Crippen LogP contribution in [0.1, 0.15) is 16.2 Å². The Morgan fingerprint density at radius 3 is 2.57 bits per heavy atom. The summed E-state index contributed by atoms with van der Waals surface area (Å²) in [5.41, 5.74) is 3.46. The van der Waals surface area contributed by atoms with Gasteiger partial charge in [-0.05, 0) is 31.2 Å². The summed E-state index contributed by atoms with van der Waals surface area (Å²) in [4.78, 5) is 36.7. The molecule has 0 atom stereocenters. The minimum Gasteiger partial charge on any atom is -0.340 e. The third-order valence-corrected chi connectivity index (χ3v) is 6.04. The molecule has 10 heteroatoms. The lowest BCUT2D eigenvalue weighted by molar-refractivity contribution is -0.384. The molecule has 2 heterocycles. The Hall–Kier alpha value is -4.70. The van der Waals surface area contributed by atoms with Crippen LogP contribution in [0.5, 0.6) is 0 Å². The van der Waals surface area contributed by atoms with Crippen LogP contribution in [0.15, 0.2) is 78.9 Å². The normalized spacial score (nSPS) is 10.8. The summed E-state index contributed by atoms with van der Waals surface area (Å²) in [6, 6.07) is 23.1. The SMILES string of the molecule is Cc1nc(Nc2cccc(C(=O)Nc3nc4ccc([N+](=O)[O-])cc4s3)c2)cc(-c2ccccc2)n1. The molecule has 0 aliphatic carbocycles. The van der Waals surface area contributed by atoms with Crippen molar-refractivity contribution < 1.29 is 9.72 Å². The summed E-state index contributed by atoms with van der Waals surface area (Å²) in [5.74, 6) is 0.895. The number of hydrogen-bond donors (Lipinski definition) is 2. The summed E-state index contributed by atoms with van der Waals surface area (Å²) in [6.45, 7) is 1.83. The summed E-state index contributed by atoms with van der Waals surface area (Å²) in [5, 5.41) is 17.4. The first-order chi connectivity index (χ1) is 16.9. The predicted molar refractivity (Wildman–Crippen MR) is 136 cm³/mol. The maximum atomic E-state index is 12.9. The Morgan fingerprint density at radius 2 is 1.77 bits per heavy atom. The number of fused-ring (bicyclic) bond motifs is 1. The fourth-order valence-corrected chi connectivity index (χ4v) is 4.42. The second kappa shape index (κ2) is 9.27. The number of benzene rings is 3. The van der Waals surface area contributed by atoms with Crippen LogP contribution in [-0.2, 0) is 0 Å². The molecule has 0 fully saturated rings. The number of hydrogen-bond acceptors (Lipinski definition) is 8. The van der Waals surface area contributed by atoms with Crippen molar-refractivity contribution in [1.29, 1.82) is 0 Å². The number of rotatable bonds is 6. The molecule has 9 nitrogen and oxygen atoms in total. The highest BCUT2D eigenvalue weighted by atomic mass is 32.1. The predicted octanol–water partition coefficient (Wildman–Crippen LogP) is 5.97. The molecule has 35 heavy (non-hydrogen) atoms. The molecule has 0 unspecified atom stereocenters. The Labute approximate surface area is 203 Å². The van der Waals surface area contributed by atoms with Gasteiger partial charge in [-0.25, -0.2) is 15.0 Å². The number of carbonyl (C=O) groups excluding carboxylic acids is 1. The van der Waals surface area contributed by atoms with E-state index in [4.69, 9.17) is 0 Å². The molecule has 0 radical (unpaired) electrons. The number of aromatic nitrogens is 3. The Balaban J connectivity index is 1.35. The van der Waals surface area contributed by atoms with Gasteiger partial charge in [-0.2, -0.15) is 0 Å². The second-order valence-corrected chi connectivity index (χ2v) is 8.67. The Morgan fingerprint density at radius 1 is 0.943 bits per heavy atom. The zero-order valence-electron chi connectivity index (χ0n) is 18.4. The van der Waals surface area contributed by atoms with Gasteiger partial charge >= 0.3 is 0 Å². The minimum atomic E-state index is -0.460. The van der Waals surface area contributed by atoms with Gasteiger partial charge in [0.25, 0.3) is 11.6 Å². The molecule has 0 aliphatic rings. The Kier molecular flexibility index (Phi) is 5.86. The zero-order valence-corrected chi connectivity index (χ0v) is 19.2. The largest absolute Gasteiger partial charge is 0.340 e. The van der Waals surface area contributed by atoms with Gasteiger partial charge in [0.05, 0.1) is 20.8 Å². The minimum absolute atomic E-state index is 0.0202. The van der Waals surface area contributed by atoms with Gasteiger partial charge in [0.15, 0.2) is 5.13 Å². The highest BCUT2D eigenvalue weighted by molar-refractivity contribution is 7.22. The van der Waals surface area contributed by atoms with Crippen molar-refractivity contribution in [2.45, 2.75) is 6.92 Å². The van der Waals surface area contributed by atoms with Crippen LogP contribution in [0.3, 0.4) is 0 Å². The van der Waals surface area contributed by atoms with Crippen molar-refractivity contribution in [2.24, 2.45) is 0 Å². The molecule has 0 saturated heterocycles. The third-order valence-electron chi connectivity index (χ3n) is 5.11. The Bertz CT molecular complexity index is 1570. The van der Waals surface area contributed by atoms with Crippen molar-refractivity contribution in [1.82, 2.24) is 15.0 Å². The van der Waals surface area contributed by atoms with Gasteiger partial charge in [0.1, 0.15) is 11.6 Å². The number of anilines is 3. The lowest BCUT2D eigenvalue weighted by Gasteiger charge is -2.10. The molecule has 1 amide bonds. The maximum Gasteiger partial charge on any atom is 0.270 e. The number of nitro benzene ring substituents is 1. The van der Waals surface area contributed by atoms with E-state index < -0.39 is 4.92 Å². The molecule has 5 aromatic rings. The van der Waals surface area contributed by atoms with E-state index in [1.807, 2.05) is 49.4 Å². The van der Waals surface area contributed by atoms with Crippen molar-refractivity contribution >= 4 is 49.8 Å². The van der Waals surface area contributed by atoms with Gasteiger partial charge in [-0.15, -0.1) is 0 Å². The maximum absolute atomic E-state index is 12.9. The highest BCUT2D eigenvalue weighted by Gasteiger charge is 2.14. The van der Waals surface area contributed by atoms with E-state index in [2.05, 4.69) is 25.6 Å². The molecule has 3 aromatic carbocycles. The molecule has 5 rings (SSSR count). The number of carbonyl (C=O) groups is 1. The smallest absolute Gasteiger partial charge is 0.270 e. The highest BCUT2D eigenvalue weighted by Crippen LogP contribution is 2.29. The number of nitrogens with one attached hydrogen (secondary N) is 2. The number of thiazole rings is 1. The van der Waals surface area contributed by atoms with E-state index in [0.29, 0.717) is 38.2 Å². The van der Waals surface area contributed by atoms with Gasteiger partial charge < -0.3 is 5.32 Å². The van der Waals surface area contributed by atoms with E-state index in [1.165, 1.54) is 23.5 Å². The van der Waals surface area contributed by atoms with Crippen LogP contribution in [-0.4, -0.2) is 25.8 Å². The quantitative estimate of drug-likeness (QED) is 0.226. The second-order valence-electron chi connectivity index (χ2n) is 7.64. The lowest BCUT2D eigenvalue weighted by Crippen LogP contribution is -2.11. The number of nitro groups is 1. The lowest BCUT2D eigenvalue weighted by atomic mass is 10.1. The van der Waals surface area contributed by atoms with Crippen LogP contribution in [0, 0.1) is 17.0 Å². The summed E-state index contributed by atoms with van der Waals surface area (Å²) in [6.07, 6.45) is 0. The van der Waals surface area contributed by atoms with Crippen molar-refractivity contribution in [2.75, 3.05) is 10.6 Å². The van der Waals surface area contributed by atoms with E-state index in [1.54, 1.807) is 24.3 Å². The molecule has 2 aromatic heterocycles. The van der Waals surface area contributed by atoms with Crippen molar-refractivity contribution in [3.63, 3.8) is 0 Å². The molecule has 0 aliphatic heterocycles. The van der Waals surface area contributed by atoms with Crippen LogP contribution in [0.4, 0.5) is 22.3 Å². The fraction of sp³-hybridized carbons (Fsp3) is 0.0400. The van der Waals surface area contributed by atoms with Gasteiger partial charge in [-0.1, -0.05) is 47.7 Å². The first-order valence-electron chi connectivity index (χ1n) is 10.6. The topological polar surface area (TPSA) is 123 Å². The zero-order chi connectivity index (χ0) is 24.4. The van der Waals surface area contributed by atoms with Gasteiger partial charge in [-0.3, -0.25) is 20.2 Å². The number of nitrogens with zero attached hydrogens (tertiary/aromatic N) is 4. The van der Waals surface area contributed by atoms with Gasteiger partial charge in [0.2, 0.25) is 0 Å². The number of amides is 1.